The molecule has 10 nitrogen and oxygen atoms in total. The average molecular weight is 2080 g/mol. The fraction of sp³-hybridized carbons (Fsp3) is 0.583. The van der Waals surface area contributed by atoms with E-state index in [0.29, 0.717) is 86.0 Å². The van der Waals surface area contributed by atoms with Crippen molar-refractivity contribution in [2.45, 2.75) is 283 Å². The molecule has 0 aromatic heterocycles. The van der Waals surface area contributed by atoms with Crippen molar-refractivity contribution in [1.29, 1.82) is 0 Å². The van der Waals surface area contributed by atoms with Gasteiger partial charge in [-0.1, -0.05) is 131 Å². The van der Waals surface area contributed by atoms with E-state index >= 15 is 0 Å². The Morgan fingerprint density at radius 2 is 0.495 bits per heavy atom. The molecule has 10 fully saturated rings. The molecule has 0 saturated heterocycles. The second-order valence-electron chi connectivity index (χ2n) is 31.7. The maximum absolute atomic E-state index is 10.0. The van der Waals surface area contributed by atoms with Crippen LogP contribution >= 0.6 is 85.1 Å². The minimum atomic E-state index is -0.826. The Kier molecular flexibility index (Phi) is 47.7. The minimum absolute atomic E-state index is 0.373. The molecule has 0 radical (unpaired) electrons. The standard InChI is InChI=1S/C18H25NO.2C17H23NO.2C16H21NO.10ClH.5Zr/c1-14-6-5-7-15(17(14)20)13-19-16-8-11-18(12-16)9-3-2-4-10-18;1-13-6-4-7-14(16(13)19)12-18-15-8-2-3-9-17(15)10-5-11-17;1-13-5-4-6-14(16(13)19)12-18-15-7-10-17(11-15)8-2-3-9-17;1-12-4-2-5-13(15(12)18)11-17-14-6-9-16(10-14)7-3-8-16;1-12-5-4-6-13(15(12)18)11-17-14-7-2-3-8-16(14)9-10-16;;;;;;;;;;;;;;;/h5-7,13,16,20H,2-4,8-12H2,1H3;4,6-7,12,15,19H,2-3,5,8-11H2,1H3;4-6,12,15,19H,2-3,7-11H2,1H3;2,4-5,11,14,18H,3,6-10H2,1H3;4-6,11,14,18H,2-3,7-10H2,1H3;10*1H;;;;;/q;;;;;;;;;;;;;;;5*+2/p-10. The van der Waals surface area contributed by atoms with Crippen LogP contribution in [0.1, 0.15) is 274 Å². The summed E-state index contributed by atoms with van der Waals surface area (Å²) in [6.07, 6.45) is 55.2. The third-order valence-electron chi connectivity index (χ3n) is 24.9. The number of hydrogen-bond donors (Lipinski definition) is 5. The zero-order chi connectivity index (χ0) is 79.3. The summed E-state index contributed by atoms with van der Waals surface area (Å²) in [5.74, 6) is 1.88. The molecule has 10 aliphatic rings. The summed E-state index contributed by atoms with van der Waals surface area (Å²) in [6, 6.07) is 31.6. The van der Waals surface area contributed by atoms with E-state index in [1.54, 1.807) is 0 Å². The number of aliphatic imine (C=N–C) groups is 5. The Hall–Kier alpha value is 0.766. The molecule has 5 aromatic carbocycles. The molecule has 5 N–H and O–H groups in total. The Labute approximate surface area is 746 Å². The zero-order valence-corrected chi connectivity index (χ0v) is 84.1. The molecule has 0 amide bonds. The van der Waals surface area contributed by atoms with E-state index in [9.17, 15) is 25.5 Å². The monoisotopic (exact) mass is 2070 g/mol. The van der Waals surface area contributed by atoms with Crippen LogP contribution in [0, 0.1) is 61.7 Å². The quantitative estimate of drug-likeness (QED) is 0.0878. The summed E-state index contributed by atoms with van der Waals surface area (Å²) in [6.45, 7) is 9.64. The summed E-state index contributed by atoms with van der Waals surface area (Å²) in [4.78, 5) is 23.8. The van der Waals surface area contributed by atoms with E-state index in [0.717, 1.165) is 55.6 Å². The summed E-state index contributed by atoms with van der Waals surface area (Å²) in [5, 5.41) is 50.0. The summed E-state index contributed by atoms with van der Waals surface area (Å²) >= 11 is -4.13. The Bertz CT molecular complexity index is 3640. The van der Waals surface area contributed by atoms with Crippen molar-refractivity contribution < 1.29 is 130 Å². The number of phenols is 5. The molecule has 5 spiro atoms. The molecular weight excluding hydrogens is 1970 g/mol. The number of benzene rings is 5. The van der Waals surface area contributed by atoms with Gasteiger partial charge >= 0.3 is 189 Å². The van der Waals surface area contributed by atoms with Crippen molar-refractivity contribution >= 4 is 116 Å². The molecule has 25 heteroatoms. The van der Waals surface area contributed by atoms with E-state index in [1.807, 2.05) is 157 Å². The molecule has 0 bridgehead atoms. The SMILES string of the molecule is Cc1cccc(C=NC2CCC3(CCC3)C2)c1O.Cc1cccc(C=NC2CCC3(CCCC3)C2)c1O.Cc1cccc(C=NC2CCC3(CCCCC3)C2)c1O.Cc1cccc(C=NC2CCCCC23CC3)c1O.Cc1cccc(C=NC2CCCCC23CCC3)c1O.[Cl][Zr][Cl].[Cl][Zr][Cl].[Cl][Zr][Cl].[Cl][Zr][Cl].[Cl][Zr][Cl]. The first-order chi connectivity index (χ1) is 52.6. The van der Waals surface area contributed by atoms with Gasteiger partial charge < -0.3 is 25.5 Å². The van der Waals surface area contributed by atoms with E-state index in [-0.39, 0.29) is 0 Å². The second kappa shape index (κ2) is 52.7. The molecule has 0 aliphatic heterocycles. The third kappa shape index (κ3) is 32.0. The van der Waals surface area contributed by atoms with Crippen molar-refractivity contribution in [3.05, 3.63) is 147 Å². The average Bonchev–Trinajstić information content (AvgIpc) is 1.73. The molecule has 10 aliphatic carbocycles. The van der Waals surface area contributed by atoms with Gasteiger partial charge in [-0.15, -0.1) is 0 Å². The molecule has 594 valence electrons. The van der Waals surface area contributed by atoms with Gasteiger partial charge in [-0.3, -0.25) is 25.0 Å². The van der Waals surface area contributed by atoms with Gasteiger partial charge in [-0.2, -0.15) is 0 Å². The van der Waals surface area contributed by atoms with Gasteiger partial charge in [-0.05, 0) is 268 Å². The van der Waals surface area contributed by atoms with Crippen LogP contribution < -0.4 is 0 Å². The zero-order valence-electron chi connectivity index (χ0n) is 64.2. The van der Waals surface area contributed by atoms with Crippen LogP contribution in [0.2, 0.25) is 0 Å². The second-order valence-corrected chi connectivity index (χ2v) is 50.4. The Morgan fingerprint density at radius 1 is 0.275 bits per heavy atom. The fourth-order valence-corrected chi connectivity index (χ4v) is 18.2. The first-order valence-electron chi connectivity index (χ1n) is 39.0. The van der Waals surface area contributed by atoms with Gasteiger partial charge in [0.15, 0.2) is 0 Å². The number of halogens is 10. The third-order valence-corrected chi connectivity index (χ3v) is 24.9. The molecule has 15 rings (SSSR count). The number of phenolic OH excluding ortho intramolecular Hbond substituents is 5. The van der Waals surface area contributed by atoms with Crippen molar-refractivity contribution in [3.63, 3.8) is 0 Å². The Morgan fingerprint density at radius 3 is 0.734 bits per heavy atom. The van der Waals surface area contributed by atoms with Crippen molar-refractivity contribution in [2.24, 2.45) is 52.0 Å². The van der Waals surface area contributed by atoms with Crippen LogP contribution in [-0.4, -0.2) is 86.8 Å². The molecule has 109 heavy (non-hydrogen) atoms. The molecule has 0 heterocycles. The van der Waals surface area contributed by atoms with Crippen LogP contribution in [0.4, 0.5) is 0 Å². The molecule has 5 aromatic rings. The molecule has 5 unspecified atom stereocenters. The topological polar surface area (TPSA) is 163 Å². The summed E-state index contributed by atoms with van der Waals surface area (Å²) in [7, 11) is 49.3. The summed E-state index contributed by atoms with van der Waals surface area (Å²) in [5.41, 5.74) is 11.8. The van der Waals surface area contributed by atoms with Crippen LogP contribution in [0.25, 0.3) is 0 Å². The molecule has 10 saturated carbocycles. The van der Waals surface area contributed by atoms with Gasteiger partial charge in [0.05, 0.1) is 30.2 Å². The van der Waals surface area contributed by atoms with Crippen LogP contribution in [-0.2, 0) is 104 Å². The normalized spacial score (nSPS) is 22.8. The van der Waals surface area contributed by atoms with Crippen molar-refractivity contribution in [3.8, 4) is 28.7 Å². The first kappa shape index (κ1) is 98.6. The van der Waals surface area contributed by atoms with Gasteiger partial charge in [0.25, 0.3) is 0 Å². The number of aryl methyl sites for hydroxylation is 5. The number of hydrogen-bond acceptors (Lipinski definition) is 10. The maximum atomic E-state index is 10.0. The first-order valence-corrected chi connectivity index (χ1v) is 70.6. The van der Waals surface area contributed by atoms with Crippen molar-refractivity contribution in [2.75, 3.05) is 0 Å². The van der Waals surface area contributed by atoms with Gasteiger partial charge in [0.2, 0.25) is 0 Å². The van der Waals surface area contributed by atoms with E-state index in [4.69, 9.17) is 105 Å². The number of rotatable bonds is 10. The van der Waals surface area contributed by atoms with E-state index < -0.39 is 104 Å². The van der Waals surface area contributed by atoms with Crippen LogP contribution in [0.15, 0.2) is 116 Å². The predicted molar refractivity (Wildman–Crippen MR) is 449 cm³/mol. The van der Waals surface area contributed by atoms with Crippen molar-refractivity contribution in [1.82, 2.24) is 0 Å². The fourth-order valence-electron chi connectivity index (χ4n) is 18.2. The van der Waals surface area contributed by atoms with Gasteiger partial charge in [0.1, 0.15) is 28.7 Å². The van der Waals surface area contributed by atoms with Gasteiger partial charge in [-0.25, -0.2) is 0 Å². The number of aromatic hydroxyl groups is 5. The number of nitrogens with zero attached hydrogens (tertiary/aromatic N) is 5. The Balaban J connectivity index is 0.000000203. The van der Waals surface area contributed by atoms with E-state index in [2.05, 4.69) is 4.99 Å². The molecular formula is C84H113Cl10N5O5Zr5. The van der Waals surface area contributed by atoms with Gasteiger partial charge in [0, 0.05) is 58.9 Å². The van der Waals surface area contributed by atoms with E-state index in [1.165, 1.54) is 218 Å². The predicted octanol–water partition coefficient (Wildman–Crippen LogP) is 27.7. The summed E-state index contributed by atoms with van der Waals surface area (Å²) < 4.78 is 0. The van der Waals surface area contributed by atoms with Crippen LogP contribution in [0.5, 0.6) is 28.7 Å². The number of para-hydroxylation sites is 5. The van der Waals surface area contributed by atoms with Crippen LogP contribution in [0.3, 0.4) is 0 Å². The molecule has 5 atom stereocenters.